The topological polar surface area (TPSA) is 48.1 Å². The number of hydrogen-bond acceptors (Lipinski definition) is 4. The Labute approximate surface area is 132 Å². The highest BCUT2D eigenvalue weighted by molar-refractivity contribution is 7.18. The summed E-state index contributed by atoms with van der Waals surface area (Å²) in [5.74, 6) is 0.763. The molecule has 5 heteroatoms. The number of ether oxygens (including phenoxy) is 1. The first-order valence-corrected chi connectivity index (χ1v) is 7.81. The molecule has 1 heterocycles. The number of thiazole rings is 1. The van der Waals surface area contributed by atoms with Crippen LogP contribution in [0.25, 0.3) is 10.2 Å². The molecule has 0 saturated heterocycles. The van der Waals surface area contributed by atoms with Gasteiger partial charge in [0.15, 0.2) is 0 Å². The lowest BCUT2D eigenvalue weighted by atomic mass is 10.1. The lowest BCUT2D eigenvalue weighted by molar-refractivity contribution is 0.408. The maximum absolute atomic E-state index is 6.32. The Morgan fingerprint density at radius 3 is 2.81 bits per heavy atom. The van der Waals surface area contributed by atoms with Crippen LogP contribution in [0.4, 0.5) is 0 Å². The number of benzene rings is 2. The smallest absolute Gasteiger partial charge is 0.123 e. The summed E-state index contributed by atoms with van der Waals surface area (Å²) in [4.78, 5) is 4.60. The van der Waals surface area contributed by atoms with Crippen molar-refractivity contribution in [3.05, 3.63) is 58.1 Å². The first-order valence-electron chi connectivity index (χ1n) is 6.61. The monoisotopic (exact) mass is 318 g/mol. The van der Waals surface area contributed by atoms with E-state index in [0.29, 0.717) is 11.4 Å². The van der Waals surface area contributed by atoms with Crippen LogP contribution in [0.2, 0.25) is 5.02 Å². The maximum Gasteiger partial charge on any atom is 0.123 e. The Bertz CT molecular complexity index is 739. The van der Waals surface area contributed by atoms with Gasteiger partial charge < -0.3 is 10.5 Å². The Balaban J connectivity index is 1.91. The fourth-order valence-corrected chi connectivity index (χ4v) is 3.50. The summed E-state index contributed by atoms with van der Waals surface area (Å²) in [6.45, 7) is 0. The number of hydrogen-bond donors (Lipinski definition) is 1. The molecule has 21 heavy (non-hydrogen) atoms. The van der Waals surface area contributed by atoms with Gasteiger partial charge >= 0.3 is 0 Å². The predicted molar refractivity (Wildman–Crippen MR) is 88.3 cm³/mol. The van der Waals surface area contributed by atoms with Crippen LogP contribution >= 0.6 is 22.9 Å². The molecule has 0 fully saturated rings. The highest BCUT2D eigenvalue weighted by Gasteiger charge is 2.17. The molecule has 0 bridgehead atoms. The summed E-state index contributed by atoms with van der Waals surface area (Å²) >= 11 is 7.89. The minimum absolute atomic E-state index is 0.198. The average Bonchev–Trinajstić information content (AvgIpc) is 2.93. The summed E-state index contributed by atoms with van der Waals surface area (Å²) in [6, 6.07) is 13.5. The van der Waals surface area contributed by atoms with Gasteiger partial charge in [0.2, 0.25) is 0 Å². The Hall–Kier alpha value is -1.62. The molecular weight excluding hydrogens is 304 g/mol. The Morgan fingerprint density at radius 2 is 2.05 bits per heavy atom. The van der Waals surface area contributed by atoms with E-state index in [1.807, 2.05) is 36.4 Å². The molecule has 3 rings (SSSR count). The molecule has 0 aliphatic heterocycles. The lowest BCUT2D eigenvalue weighted by Gasteiger charge is -2.13. The summed E-state index contributed by atoms with van der Waals surface area (Å²) < 4.78 is 6.51. The zero-order valence-corrected chi connectivity index (χ0v) is 13.1. The second-order valence-electron chi connectivity index (χ2n) is 4.75. The Kier molecular flexibility index (Phi) is 4.10. The van der Waals surface area contributed by atoms with Crippen LogP contribution in [0.5, 0.6) is 5.75 Å². The molecule has 1 unspecified atom stereocenters. The van der Waals surface area contributed by atoms with Gasteiger partial charge in [-0.2, -0.15) is 0 Å². The molecule has 0 amide bonds. The maximum atomic E-state index is 6.32. The first-order chi connectivity index (χ1) is 10.2. The number of para-hydroxylation sites is 1. The normalized spacial score (nSPS) is 12.5. The van der Waals surface area contributed by atoms with Crippen molar-refractivity contribution in [1.29, 1.82) is 0 Å². The van der Waals surface area contributed by atoms with Gasteiger partial charge in [-0.05, 0) is 30.7 Å². The van der Waals surface area contributed by atoms with E-state index in [-0.39, 0.29) is 6.04 Å². The summed E-state index contributed by atoms with van der Waals surface area (Å²) in [5.41, 5.74) is 8.23. The van der Waals surface area contributed by atoms with Gasteiger partial charge in [-0.25, -0.2) is 4.98 Å². The third-order valence-corrected chi connectivity index (χ3v) is 4.87. The first kappa shape index (κ1) is 14.3. The van der Waals surface area contributed by atoms with Gasteiger partial charge in [0, 0.05) is 10.6 Å². The van der Waals surface area contributed by atoms with Crippen LogP contribution < -0.4 is 10.5 Å². The van der Waals surface area contributed by atoms with E-state index < -0.39 is 0 Å². The largest absolute Gasteiger partial charge is 0.496 e. The number of methoxy groups -OCH3 is 1. The lowest BCUT2D eigenvalue weighted by Crippen LogP contribution is -2.13. The second-order valence-corrected chi connectivity index (χ2v) is 6.22. The van der Waals surface area contributed by atoms with Gasteiger partial charge in [-0.1, -0.05) is 29.8 Å². The molecule has 3 aromatic rings. The SMILES string of the molecule is COc1cccc(Cl)c1CC(N)c1nc2ccccc2s1. The van der Waals surface area contributed by atoms with Gasteiger partial charge in [0.1, 0.15) is 10.8 Å². The summed E-state index contributed by atoms with van der Waals surface area (Å²) in [6.07, 6.45) is 0.600. The molecule has 0 aliphatic carbocycles. The van der Waals surface area contributed by atoms with Gasteiger partial charge in [0.05, 0.1) is 23.4 Å². The van der Waals surface area contributed by atoms with E-state index in [1.54, 1.807) is 18.4 Å². The molecule has 108 valence electrons. The van der Waals surface area contributed by atoms with Crippen LogP contribution in [0, 0.1) is 0 Å². The van der Waals surface area contributed by atoms with E-state index in [9.17, 15) is 0 Å². The van der Waals surface area contributed by atoms with Gasteiger partial charge in [0.25, 0.3) is 0 Å². The molecule has 0 radical (unpaired) electrons. The number of rotatable bonds is 4. The van der Waals surface area contributed by atoms with Crippen molar-refractivity contribution in [2.75, 3.05) is 7.11 Å². The van der Waals surface area contributed by atoms with E-state index >= 15 is 0 Å². The van der Waals surface area contributed by atoms with E-state index in [0.717, 1.165) is 26.5 Å². The average molecular weight is 319 g/mol. The van der Waals surface area contributed by atoms with Crippen molar-refractivity contribution in [3.63, 3.8) is 0 Å². The van der Waals surface area contributed by atoms with Crippen molar-refractivity contribution >= 4 is 33.2 Å². The number of halogens is 1. The highest BCUT2D eigenvalue weighted by atomic mass is 35.5. The fourth-order valence-electron chi connectivity index (χ4n) is 2.28. The third kappa shape index (κ3) is 2.88. The number of nitrogens with zero attached hydrogens (tertiary/aromatic N) is 1. The van der Waals surface area contributed by atoms with E-state index in [1.165, 1.54) is 0 Å². The number of fused-ring (bicyclic) bond motifs is 1. The van der Waals surface area contributed by atoms with Crippen LogP contribution in [0.15, 0.2) is 42.5 Å². The van der Waals surface area contributed by atoms with Crippen LogP contribution in [-0.4, -0.2) is 12.1 Å². The van der Waals surface area contributed by atoms with Crippen LogP contribution in [0.3, 0.4) is 0 Å². The molecule has 0 spiro atoms. The second kappa shape index (κ2) is 6.02. The summed E-state index contributed by atoms with van der Waals surface area (Å²) in [5, 5.41) is 1.59. The van der Waals surface area contributed by atoms with Crippen LogP contribution in [-0.2, 0) is 6.42 Å². The minimum Gasteiger partial charge on any atom is -0.496 e. The van der Waals surface area contributed by atoms with Crippen molar-refractivity contribution in [2.45, 2.75) is 12.5 Å². The molecule has 0 aliphatic rings. The minimum atomic E-state index is -0.198. The summed E-state index contributed by atoms with van der Waals surface area (Å²) in [7, 11) is 1.64. The number of nitrogens with two attached hydrogens (primary N) is 1. The Morgan fingerprint density at radius 1 is 1.24 bits per heavy atom. The van der Waals surface area contributed by atoms with Gasteiger partial charge in [-0.15, -0.1) is 11.3 Å². The standard InChI is InChI=1S/C16H15ClN2OS/c1-20-14-7-4-5-11(17)10(14)9-12(18)16-19-13-6-2-3-8-15(13)21-16/h2-8,12H,9,18H2,1H3. The molecule has 2 aromatic carbocycles. The van der Waals surface area contributed by atoms with Crippen LogP contribution in [0.1, 0.15) is 16.6 Å². The van der Waals surface area contributed by atoms with E-state index in [4.69, 9.17) is 22.1 Å². The van der Waals surface area contributed by atoms with Crippen molar-refractivity contribution < 1.29 is 4.74 Å². The van der Waals surface area contributed by atoms with Crippen molar-refractivity contribution in [2.24, 2.45) is 5.73 Å². The highest BCUT2D eigenvalue weighted by Crippen LogP contribution is 2.32. The van der Waals surface area contributed by atoms with E-state index in [2.05, 4.69) is 11.1 Å². The molecule has 3 nitrogen and oxygen atoms in total. The molecule has 2 N–H and O–H groups in total. The zero-order chi connectivity index (χ0) is 14.8. The quantitative estimate of drug-likeness (QED) is 0.784. The van der Waals surface area contributed by atoms with Crippen molar-refractivity contribution in [1.82, 2.24) is 4.98 Å². The third-order valence-electron chi connectivity index (χ3n) is 3.35. The molecule has 0 saturated carbocycles. The van der Waals surface area contributed by atoms with Gasteiger partial charge in [-0.3, -0.25) is 0 Å². The zero-order valence-electron chi connectivity index (χ0n) is 11.5. The number of aromatic nitrogens is 1. The van der Waals surface area contributed by atoms with Crippen molar-refractivity contribution in [3.8, 4) is 5.75 Å². The fraction of sp³-hybridized carbons (Fsp3) is 0.188. The molecule has 1 aromatic heterocycles. The molecular formula is C16H15ClN2OS. The predicted octanol–water partition coefficient (Wildman–Crippen LogP) is 4.20. The molecule has 1 atom stereocenters.